The quantitative estimate of drug-likeness (QED) is 0.835. The molecule has 0 fully saturated rings. The lowest BCUT2D eigenvalue weighted by molar-refractivity contribution is 0.248. The smallest absolute Gasteiger partial charge is 0.184 e. The molecule has 136 valence electrons. The number of aliphatic hydroxyl groups is 1. The lowest BCUT2D eigenvalue weighted by Crippen LogP contribution is -2.28. The van der Waals surface area contributed by atoms with E-state index >= 15 is 0 Å². The average molecular weight is 364 g/mol. The molecule has 0 aliphatic carbocycles. The van der Waals surface area contributed by atoms with Crippen LogP contribution in [0.1, 0.15) is 44.5 Å². The first kappa shape index (κ1) is 19.6. The molecule has 0 saturated heterocycles. The summed E-state index contributed by atoms with van der Waals surface area (Å²) < 4.78 is 40.8. The van der Waals surface area contributed by atoms with Gasteiger partial charge in [0.15, 0.2) is 9.84 Å². The fraction of sp³-hybridized carbons (Fsp3) is 0.400. The second-order valence-corrected chi connectivity index (χ2v) is 9.35. The normalized spacial score (nSPS) is 14.9. The summed E-state index contributed by atoms with van der Waals surface area (Å²) in [6, 6.07) is 14.8. The molecule has 2 rings (SSSR count). The number of halogens is 1. The average Bonchev–Trinajstić information content (AvgIpc) is 2.59. The van der Waals surface area contributed by atoms with Gasteiger partial charge in [-0.15, -0.1) is 0 Å². The second kappa shape index (κ2) is 7.67. The van der Waals surface area contributed by atoms with Crippen LogP contribution in [0.5, 0.6) is 0 Å². The van der Waals surface area contributed by atoms with E-state index in [9.17, 15) is 17.9 Å². The van der Waals surface area contributed by atoms with Gasteiger partial charge in [-0.05, 0) is 35.1 Å². The van der Waals surface area contributed by atoms with Crippen LogP contribution in [0.4, 0.5) is 4.39 Å². The van der Waals surface area contributed by atoms with Crippen LogP contribution >= 0.6 is 0 Å². The molecule has 2 aromatic carbocycles. The van der Waals surface area contributed by atoms with Crippen molar-refractivity contribution in [3.05, 3.63) is 65.7 Å². The van der Waals surface area contributed by atoms with Crippen LogP contribution in [0.25, 0.3) is 0 Å². The number of sulfone groups is 1. The minimum absolute atomic E-state index is 0.0810. The Morgan fingerprint density at radius 1 is 1.00 bits per heavy atom. The third-order valence-electron chi connectivity index (χ3n) is 4.31. The van der Waals surface area contributed by atoms with Crippen molar-refractivity contribution in [1.29, 1.82) is 0 Å². The molecule has 0 radical (unpaired) electrons. The zero-order chi connectivity index (χ0) is 18.7. The van der Waals surface area contributed by atoms with Crippen LogP contribution in [-0.2, 0) is 15.3 Å². The number of hydrogen-bond donors (Lipinski definition) is 1. The highest BCUT2D eigenvalue weighted by Crippen LogP contribution is 2.33. The molecule has 0 aromatic heterocycles. The molecule has 0 bridgehead atoms. The predicted molar refractivity (Wildman–Crippen MR) is 98.1 cm³/mol. The van der Waals surface area contributed by atoms with Gasteiger partial charge in [-0.3, -0.25) is 0 Å². The van der Waals surface area contributed by atoms with Gasteiger partial charge in [0, 0.05) is 6.61 Å². The van der Waals surface area contributed by atoms with E-state index in [0.29, 0.717) is 5.56 Å². The Hall–Kier alpha value is -1.72. The molecule has 0 heterocycles. The van der Waals surface area contributed by atoms with Crippen molar-refractivity contribution in [3.8, 4) is 0 Å². The number of rotatable bonds is 6. The summed E-state index contributed by atoms with van der Waals surface area (Å²) in [6.45, 7) is 5.73. The molecular weight excluding hydrogens is 339 g/mol. The zero-order valence-electron chi connectivity index (χ0n) is 14.8. The Balaban J connectivity index is 2.39. The minimum atomic E-state index is -3.91. The van der Waals surface area contributed by atoms with Gasteiger partial charge >= 0.3 is 0 Å². The van der Waals surface area contributed by atoms with Crippen molar-refractivity contribution in [2.75, 3.05) is 6.61 Å². The number of aliphatic hydroxyl groups excluding tert-OH is 1. The molecule has 2 atom stereocenters. The maximum absolute atomic E-state index is 14.9. The second-order valence-electron chi connectivity index (χ2n) is 7.18. The highest BCUT2D eigenvalue weighted by molar-refractivity contribution is 7.92. The fourth-order valence-corrected chi connectivity index (χ4v) is 4.51. The van der Waals surface area contributed by atoms with Crippen molar-refractivity contribution in [2.24, 2.45) is 0 Å². The maximum Gasteiger partial charge on any atom is 0.184 e. The lowest BCUT2D eigenvalue weighted by atomic mass is 9.87. The molecule has 2 aromatic rings. The summed E-state index contributed by atoms with van der Waals surface area (Å²) in [6.07, 6.45) is -1.85. The van der Waals surface area contributed by atoms with Crippen LogP contribution in [0.2, 0.25) is 0 Å². The summed E-state index contributed by atoms with van der Waals surface area (Å²) in [5.41, 5.74) is 1.21. The number of benzene rings is 2. The summed E-state index contributed by atoms with van der Waals surface area (Å²) >= 11 is 0. The van der Waals surface area contributed by atoms with Crippen LogP contribution in [0.3, 0.4) is 0 Å². The van der Waals surface area contributed by atoms with E-state index < -0.39 is 27.9 Å². The number of alkyl halides is 1. The summed E-state index contributed by atoms with van der Waals surface area (Å²) in [5.74, 6) is 0. The van der Waals surface area contributed by atoms with E-state index in [-0.39, 0.29) is 16.7 Å². The van der Waals surface area contributed by atoms with Crippen molar-refractivity contribution in [3.63, 3.8) is 0 Å². The predicted octanol–water partition coefficient (Wildman–Crippen LogP) is 4.22. The molecule has 0 amide bonds. The van der Waals surface area contributed by atoms with E-state index in [1.807, 2.05) is 20.8 Å². The van der Waals surface area contributed by atoms with Gasteiger partial charge in [0.2, 0.25) is 0 Å². The van der Waals surface area contributed by atoms with Crippen LogP contribution in [0.15, 0.2) is 59.5 Å². The molecule has 5 heteroatoms. The van der Waals surface area contributed by atoms with Crippen molar-refractivity contribution >= 4 is 9.84 Å². The Morgan fingerprint density at radius 3 is 2.04 bits per heavy atom. The summed E-state index contributed by atoms with van der Waals surface area (Å²) in [5, 5.41) is 7.94. The first-order valence-corrected chi connectivity index (χ1v) is 9.87. The Labute approximate surface area is 149 Å². The monoisotopic (exact) mass is 364 g/mol. The standard InChI is InChI=1S/C20H25FO3S/c1-20(2,3)16-9-11-17(12-10-16)25(23,24)18(13-14-22)19(21)15-7-5-4-6-8-15/h4-12,18-19,22H,13-14H2,1-3H3/t18-,19+/m1/s1. The highest BCUT2D eigenvalue weighted by atomic mass is 32.2. The van der Waals surface area contributed by atoms with Crippen molar-refractivity contribution in [2.45, 2.75) is 48.9 Å². The topological polar surface area (TPSA) is 54.4 Å². The van der Waals surface area contributed by atoms with E-state index in [1.54, 1.807) is 42.5 Å². The molecular formula is C20H25FO3S. The first-order valence-electron chi connectivity index (χ1n) is 8.32. The largest absolute Gasteiger partial charge is 0.396 e. The van der Waals surface area contributed by atoms with Crippen molar-refractivity contribution < 1.29 is 17.9 Å². The van der Waals surface area contributed by atoms with E-state index in [4.69, 9.17) is 0 Å². The van der Waals surface area contributed by atoms with Crippen LogP contribution < -0.4 is 0 Å². The molecule has 0 saturated carbocycles. The van der Waals surface area contributed by atoms with Crippen LogP contribution in [0, 0.1) is 0 Å². The zero-order valence-corrected chi connectivity index (χ0v) is 15.6. The molecule has 1 N–H and O–H groups in total. The SMILES string of the molecule is CC(C)(C)c1ccc(S(=O)(=O)[C@H](CCO)[C@@H](F)c2ccccc2)cc1. The van der Waals surface area contributed by atoms with Gasteiger partial charge in [0.05, 0.1) is 4.90 Å². The van der Waals surface area contributed by atoms with E-state index in [1.165, 1.54) is 12.1 Å². The molecule has 25 heavy (non-hydrogen) atoms. The van der Waals surface area contributed by atoms with Gasteiger partial charge in [-0.25, -0.2) is 12.8 Å². The lowest BCUT2D eigenvalue weighted by Gasteiger charge is -2.23. The third-order valence-corrected chi connectivity index (χ3v) is 6.51. The molecule has 0 unspecified atom stereocenters. The first-order chi connectivity index (χ1) is 11.7. The van der Waals surface area contributed by atoms with Gasteiger partial charge in [0.25, 0.3) is 0 Å². The molecule has 3 nitrogen and oxygen atoms in total. The van der Waals surface area contributed by atoms with Gasteiger partial charge in [0.1, 0.15) is 11.4 Å². The summed E-state index contributed by atoms with van der Waals surface area (Å²) in [7, 11) is -3.91. The van der Waals surface area contributed by atoms with Crippen LogP contribution in [-0.4, -0.2) is 25.4 Å². The van der Waals surface area contributed by atoms with Gasteiger partial charge < -0.3 is 5.11 Å². The van der Waals surface area contributed by atoms with E-state index in [0.717, 1.165) is 5.56 Å². The maximum atomic E-state index is 14.9. The fourth-order valence-electron chi connectivity index (χ4n) is 2.76. The minimum Gasteiger partial charge on any atom is -0.396 e. The Morgan fingerprint density at radius 2 is 1.56 bits per heavy atom. The molecule has 0 spiro atoms. The van der Waals surface area contributed by atoms with Gasteiger partial charge in [-0.1, -0.05) is 63.2 Å². The Kier molecular flexibility index (Phi) is 6.01. The van der Waals surface area contributed by atoms with E-state index in [2.05, 4.69) is 0 Å². The van der Waals surface area contributed by atoms with Gasteiger partial charge in [-0.2, -0.15) is 0 Å². The summed E-state index contributed by atoms with van der Waals surface area (Å²) in [4.78, 5) is 0.0810. The third kappa shape index (κ3) is 4.47. The highest BCUT2D eigenvalue weighted by Gasteiger charge is 2.35. The number of hydrogen-bond acceptors (Lipinski definition) is 3. The van der Waals surface area contributed by atoms with Crippen molar-refractivity contribution in [1.82, 2.24) is 0 Å². The molecule has 0 aliphatic heterocycles. The molecule has 0 aliphatic rings. The Bertz CT molecular complexity index is 778.